The Morgan fingerprint density at radius 1 is 1.11 bits per heavy atom. The van der Waals surface area contributed by atoms with E-state index in [9.17, 15) is 44.3 Å². The first-order valence-electron chi connectivity index (χ1n) is 10.1. The Labute approximate surface area is 206 Å². The molecule has 3 amide bonds. The van der Waals surface area contributed by atoms with Crippen LogP contribution in [0.25, 0.3) is 0 Å². The van der Waals surface area contributed by atoms with Crippen LogP contribution in [-0.2, 0) is 21.0 Å². The Morgan fingerprint density at radius 2 is 1.73 bits per heavy atom. The van der Waals surface area contributed by atoms with Crippen LogP contribution in [-0.4, -0.2) is 32.3 Å². The third kappa shape index (κ3) is 6.39. The summed E-state index contributed by atoms with van der Waals surface area (Å²) in [5, 5.41) is 11.3. The van der Waals surface area contributed by atoms with Crippen LogP contribution < -0.4 is 14.9 Å². The number of alkyl halides is 6. The zero-order valence-corrected chi connectivity index (χ0v) is 19.4. The van der Waals surface area contributed by atoms with Crippen LogP contribution in [0.1, 0.15) is 29.7 Å². The maximum atomic E-state index is 13.2. The number of hydrogen-bond acceptors (Lipinski definition) is 5. The molecule has 0 aromatic heterocycles. The lowest BCUT2D eigenvalue weighted by Crippen LogP contribution is -2.50. The van der Waals surface area contributed by atoms with Gasteiger partial charge in [-0.15, -0.1) is 0 Å². The lowest BCUT2D eigenvalue weighted by Gasteiger charge is -2.36. The number of amides is 3. The highest BCUT2D eigenvalue weighted by Gasteiger charge is 2.41. The van der Waals surface area contributed by atoms with Crippen LogP contribution in [0.5, 0.6) is 0 Å². The van der Waals surface area contributed by atoms with Gasteiger partial charge in [0, 0.05) is 5.70 Å². The molecule has 1 unspecified atom stereocenters. The van der Waals surface area contributed by atoms with E-state index >= 15 is 0 Å². The first kappa shape index (κ1) is 27.5. The summed E-state index contributed by atoms with van der Waals surface area (Å²) < 4.78 is 103. The molecule has 1 aliphatic rings. The van der Waals surface area contributed by atoms with Crippen molar-refractivity contribution in [3.63, 3.8) is 0 Å². The highest BCUT2D eigenvalue weighted by Crippen LogP contribution is 2.37. The minimum Gasteiger partial charge on any atom is -0.326 e. The number of nitriles is 1. The summed E-state index contributed by atoms with van der Waals surface area (Å²) in [6.07, 6.45) is -9.95. The lowest BCUT2D eigenvalue weighted by molar-refractivity contribution is -0.137. The van der Waals surface area contributed by atoms with Crippen LogP contribution >= 0.6 is 0 Å². The van der Waals surface area contributed by atoms with Crippen molar-refractivity contribution in [2.24, 2.45) is 0 Å². The molecule has 0 aliphatic carbocycles. The van der Waals surface area contributed by atoms with Crippen LogP contribution in [0.3, 0.4) is 0 Å². The van der Waals surface area contributed by atoms with Gasteiger partial charge in [0.05, 0.1) is 34.5 Å². The second-order valence-corrected chi connectivity index (χ2v) is 9.53. The molecular weight excluding hydrogens is 530 g/mol. The molecule has 0 saturated carbocycles. The van der Waals surface area contributed by atoms with Gasteiger partial charge in [-0.05, 0) is 42.8 Å². The van der Waals surface area contributed by atoms with Crippen molar-refractivity contribution in [3.8, 4) is 6.07 Å². The number of benzene rings is 2. The van der Waals surface area contributed by atoms with E-state index in [0.717, 1.165) is 25.1 Å². The highest BCUT2D eigenvalue weighted by atomic mass is 32.2. The molecule has 1 atom stereocenters. The molecule has 2 aromatic carbocycles. The van der Waals surface area contributed by atoms with Crippen LogP contribution in [0, 0.1) is 11.3 Å². The van der Waals surface area contributed by atoms with Gasteiger partial charge in [0.2, 0.25) is 10.0 Å². The number of halogens is 6. The summed E-state index contributed by atoms with van der Waals surface area (Å²) in [5.74, 6) is -3.91. The van der Waals surface area contributed by atoms with Crippen molar-refractivity contribution in [1.29, 1.82) is 5.26 Å². The van der Waals surface area contributed by atoms with Crippen molar-refractivity contribution in [2.45, 2.75) is 25.3 Å². The van der Waals surface area contributed by atoms with Crippen molar-refractivity contribution in [3.05, 3.63) is 76.5 Å². The molecule has 0 fully saturated rings. The van der Waals surface area contributed by atoms with Gasteiger partial charge >= 0.3 is 18.4 Å². The van der Waals surface area contributed by atoms with Crippen molar-refractivity contribution in [1.82, 2.24) is 10.0 Å². The monoisotopic (exact) mass is 546 g/mol. The Hall–Kier alpha value is -4.06. The summed E-state index contributed by atoms with van der Waals surface area (Å²) in [4.78, 5) is 26.6. The fourth-order valence-corrected chi connectivity index (χ4v) is 4.51. The second-order valence-electron chi connectivity index (χ2n) is 7.80. The maximum absolute atomic E-state index is 13.2. The third-order valence-electron chi connectivity index (χ3n) is 5.14. The van der Waals surface area contributed by atoms with E-state index in [1.54, 1.807) is 0 Å². The summed E-state index contributed by atoms with van der Waals surface area (Å²) in [5.41, 5.74) is -2.01. The molecule has 8 nitrogen and oxygen atoms in total. The maximum Gasteiger partial charge on any atom is 0.416 e. The summed E-state index contributed by atoms with van der Waals surface area (Å²) >= 11 is 0. The molecule has 196 valence electrons. The van der Waals surface area contributed by atoms with Crippen molar-refractivity contribution >= 4 is 27.6 Å². The number of carbonyl (C=O) groups excluding carboxylic acids is 2. The van der Waals surface area contributed by atoms with E-state index in [1.807, 2.05) is 6.07 Å². The van der Waals surface area contributed by atoms with E-state index in [4.69, 9.17) is 5.26 Å². The predicted molar refractivity (Wildman–Crippen MR) is 117 cm³/mol. The number of nitrogens with zero attached hydrogens (tertiary/aromatic N) is 2. The Morgan fingerprint density at radius 3 is 2.27 bits per heavy atom. The largest absolute Gasteiger partial charge is 0.416 e. The molecule has 0 radical (unpaired) electrons. The minimum absolute atomic E-state index is 0.147. The molecule has 0 bridgehead atoms. The van der Waals surface area contributed by atoms with Crippen molar-refractivity contribution < 1.29 is 44.3 Å². The van der Waals surface area contributed by atoms with Gasteiger partial charge in [0.15, 0.2) is 5.75 Å². The Kier molecular flexibility index (Phi) is 7.27. The van der Waals surface area contributed by atoms with Crippen LogP contribution in [0.4, 0.5) is 36.8 Å². The topological polar surface area (TPSA) is 119 Å². The number of carbonyl (C=O) groups is 2. The van der Waals surface area contributed by atoms with Crippen LogP contribution in [0.2, 0.25) is 0 Å². The van der Waals surface area contributed by atoms with Gasteiger partial charge in [-0.25, -0.2) is 17.9 Å². The average molecular weight is 546 g/mol. The van der Waals surface area contributed by atoms with Gasteiger partial charge in [0.1, 0.15) is 0 Å². The van der Waals surface area contributed by atoms with E-state index in [1.165, 1.54) is 29.0 Å². The average Bonchev–Trinajstić information content (AvgIpc) is 2.76. The summed E-state index contributed by atoms with van der Waals surface area (Å²) in [6.45, 7) is 1.13. The molecule has 3 rings (SSSR count). The van der Waals surface area contributed by atoms with Gasteiger partial charge in [-0.3, -0.25) is 9.69 Å². The number of urea groups is 1. The second kappa shape index (κ2) is 9.77. The first-order chi connectivity index (χ1) is 17.0. The van der Waals surface area contributed by atoms with Gasteiger partial charge in [-0.1, -0.05) is 18.2 Å². The Balaban J connectivity index is 2.15. The first-order valence-corrected chi connectivity index (χ1v) is 11.8. The molecule has 2 aromatic rings. The minimum atomic E-state index is -5.23. The third-order valence-corrected chi connectivity index (χ3v) is 6.34. The molecule has 1 heterocycles. The summed E-state index contributed by atoms with van der Waals surface area (Å²) in [6, 6.07) is 8.15. The fourth-order valence-electron chi connectivity index (χ4n) is 3.62. The lowest BCUT2D eigenvalue weighted by atomic mass is 9.93. The fraction of sp³-hybridized carbons (Fsp3) is 0.227. The quantitative estimate of drug-likeness (QED) is 0.547. The SMILES string of the molecule is CC1=C(C(=O)NS(=O)(=O)CC(F)(F)F)C(c2ccc(C#N)cc2)NC(=O)N1c1cccc(C(F)(F)F)c1. The van der Waals surface area contributed by atoms with Gasteiger partial charge in [-0.2, -0.15) is 31.6 Å². The van der Waals surface area contributed by atoms with Crippen molar-refractivity contribution in [2.75, 3.05) is 10.7 Å². The number of rotatable bonds is 5. The number of sulfonamides is 1. The van der Waals surface area contributed by atoms with Gasteiger partial charge in [0.25, 0.3) is 5.91 Å². The molecule has 37 heavy (non-hydrogen) atoms. The zero-order chi connectivity index (χ0) is 27.8. The highest BCUT2D eigenvalue weighted by molar-refractivity contribution is 7.90. The van der Waals surface area contributed by atoms with E-state index in [2.05, 4.69) is 5.32 Å². The molecule has 0 spiro atoms. The van der Waals surface area contributed by atoms with E-state index < -0.39 is 57.2 Å². The number of hydrogen-bond donors (Lipinski definition) is 2. The Bertz CT molecular complexity index is 1410. The summed E-state index contributed by atoms with van der Waals surface area (Å²) in [7, 11) is -5.23. The molecular formula is C22H16F6N4O4S. The number of nitrogens with one attached hydrogen (secondary N) is 2. The molecule has 2 N–H and O–H groups in total. The van der Waals surface area contributed by atoms with Crippen LogP contribution in [0.15, 0.2) is 59.8 Å². The zero-order valence-electron chi connectivity index (χ0n) is 18.6. The smallest absolute Gasteiger partial charge is 0.326 e. The standard InChI is InChI=1S/C22H16F6N4O4S/c1-12-17(19(33)31-37(35,36)11-21(23,24)25)18(14-7-5-13(10-29)6-8-14)30-20(34)32(12)16-4-2-3-15(9-16)22(26,27)28/h2-9,18H,11H2,1H3,(H,30,34)(H,31,33). The molecule has 1 aliphatic heterocycles. The van der Waals surface area contributed by atoms with E-state index in [-0.39, 0.29) is 22.5 Å². The predicted octanol–water partition coefficient (Wildman–Crippen LogP) is 4.13. The molecule has 15 heteroatoms. The number of anilines is 1. The van der Waals surface area contributed by atoms with E-state index in [0.29, 0.717) is 11.0 Å². The normalized spacial score (nSPS) is 16.8. The molecule has 0 saturated heterocycles. The van der Waals surface area contributed by atoms with Gasteiger partial charge < -0.3 is 5.32 Å². The number of allylic oxidation sites excluding steroid dienone is 1.